The number of ether oxygens (including phenoxy) is 3. The highest BCUT2D eigenvalue weighted by molar-refractivity contribution is 6.15. The van der Waals surface area contributed by atoms with E-state index in [0.29, 0.717) is 29.4 Å². The first-order valence-corrected chi connectivity index (χ1v) is 13.1. The molecule has 0 radical (unpaired) electrons. The van der Waals surface area contributed by atoms with Crippen LogP contribution in [-0.4, -0.2) is 25.1 Å². The van der Waals surface area contributed by atoms with Crippen LogP contribution in [0.25, 0.3) is 22.2 Å². The van der Waals surface area contributed by atoms with E-state index >= 15 is 0 Å². The number of carbonyl (C=O) groups excluding carboxylic acids is 1. The molecule has 6 nitrogen and oxygen atoms in total. The minimum absolute atomic E-state index is 0.245. The maximum Gasteiger partial charge on any atom is 0.256 e. The fourth-order valence-corrected chi connectivity index (χ4v) is 4.94. The van der Waals surface area contributed by atoms with E-state index in [4.69, 9.17) is 19.2 Å². The van der Waals surface area contributed by atoms with Gasteiger partial charge >= 0.3 is 0 Å². The maximum atomic E-state index is 13.9. The van der Waals surface area contributed by atoms with E-state index < -0.39 is 0 Å². The molecule has 0 spiro atoms. The lowest BCUT2D eigenvalue weighted by molar-refractivity contribution is 0.102. The van der Waals surface area contributed by atoms with Crippen molar-refractivity contribution in [2.45, 2.75) is 27.4 Å². The summed E-state index contributed by atoms with van der Waals surface area (Å²) in [5.41, 5.74) is 7.50. The quantitative estimate of drug-likeness (QED) is 0.222. The number of aromatic nitrogens is 1. The topological polar surface area (TPSA) is 69.7 Å². The van der Waals surface area contributed by atoms with Gasteiger partial charge in [0.05, 0.1) is 36.7 Å². The van der Waals surface area contributed by atoms with Crippen LogP contribution in [0.15, 0.2) is 84.9 Å². The van der Waals surface area contributed by atoms with Gasteiger partial charge in [0.15, 0.2) is 0 Å². The van der Waals surface area contributed by atoms with Crippen LogP contribution in [0.4, 0.5) is 5.69 Å². The predicted molar refractivity (Wildman–Crippen MR) is 160 cm³/mol. The average Bonchev–Trinajstić information content (AvgIpc) is 2.96. The van der Waals surface area contributed by atoms with Gasteiger partial charge in [0.2, 0.25) is 0 Å². The molecule has 0 unspecified atom stereocenters. The molecule has 0 bridgehead atoms. The van der Waals surface area contributed by atoms with E-state index in [9.17, 15) is 4.79 Å². The van der Waals surface area contributed by atoms with Gasteiger partial charge < -0.3 is 19.5 Å². The van der Waals surface area contributed by atoms with E-state index in [0.717, 1.165) is 50.2 Å². The van der Waals surface area contributed by atoms with Crippen LogP contribution >= 0.6 is 0 Å². The molecule has 1 N–H and O–H groups in total. The van der Waals surface area contributed by atoms with Crippen LogP contribution < -0.4 is 19.5 Å². The van der Waals surface area contributed by atoms with Gasteiger partial charge in [-0.3, -0.25) is 4.79 Å². The van der Waals surface area contributed by atoms with Crippen molar-refractivity contribution in [3.63, 3.8) is 0 Å². The Kier molecular flexibility index (Phi) is 7.69. The van der Waals surface area contributed by atoms with Gasteiger partial charge in [-0.05, 0) is 79.9 Å². The molecular weight excluding hydrogens is 500 g/mol. The summed E-state index contributed by atoms with van der Waals surface area (Å²) in [5.74, 6) is 1.68. The summed E-state index contributed by atoms with van der Waals surface area (Å²) in [6.45, 7) is 6.48. The molecule has 1 heterocycles. The van der Waals surface area contributed by atoms with Gasteiger partial charge in [0.1, 0.15) is 23.9 Å². The SMILES string of the molecule is COc1ccc(OC)c(NC(=O)c2c(C)c(-c3ccc(OCc4ccccc4)cc3)nc3c(C)cc(C)cc23)c1. The zero-order chi connectivity index (χ0) is 28.2. The number of nitrogens with one attached hydrogen (secondary N) is 1. The normalized spacial score (nSPS) is 10.8. The van der Waals surface area contributed by atoms with Crippen molar-refractivity contribution < 1.29 is 19.0 Å². The monoisotopic (exact) mass is 532 g/mol. The van der Waals surface area contributed by atoms with Crippen molar-refractivity contribution in [1.29, 1.82) is 0 Å². The summed E-state index contributed by atoms with van der Waals surface area (Å²) in [7, 11) is 3.16. The van der Waals surface area contributed by atoms with E-state index in [1.807, 2.05) is 81.4 Å². The fraction of sp³-hybridized carbons (Fsp3) is 0.176. The number of hydrogen-bond acceptors (Lipinski definition) is 5. The van der Waals surface area contributed by atoms with Crippen LogP contribution in [0.2, 0.25) is 0 Å². The molecule has 0 saturated carbocycles. The number of nitrogens with zero attached hydrogens (tertiary/aromatic N) is 1. The molecule has 0 saturated heterocycles. The lowest BCUT2D eigenvalue weighted by atomic mass is 9.94. The molecule has 4 aromatic carbocycles. The molecule has 5 rings (SSSR count). The molecule has 5 aromatic rings. The molecule has 0 fully saturated rings. The van der Waals surface area contributed by atoms with Crippen molar-refractivity contribution in [1.82, 2.24) is 4.98 Å². The van der Waals surface area contributed by atoms with Crippen LogP contribution in [0.5, 0.6) is 17.2 Å². The van der Waals surface area contributed by atoms with Gasteiger partial charge in [0.25, 0.3) is 5.91 Å². The minimum atomic E-state index is -0.245. The predicted octanol–water partition coefficient (Wildman–Crippen LogP) is 7.68. The Hall–Kier alpha value is -4.84. The lowest BCUT2D eigenvalue weighted by Gasteiger charge is -2.18. The highest BCUT2D eigenvalue weighted by atomic mass is 16.5. The smallest absolute Gasteiger partial charge is 0.256 e. The van der Waals surface area contributed by atoms with Gasteiger partial charge in [-0.25, -0.2) is 4.98 Å². The van der Waals surface area contributed by atoms with Gasteiger partial charge in [0, 0.05) is 17.0 Å². The molecule has 0 aliphatic carbocycles. The molecule has 202 valence electrons. The number of pyridine rings is 1. The number of aryl methyl sites for hydroxylation is 2. The first-order valence-electron chi connectivity index (χ1n) is 13.1. The van der Waals surface area contributed by atoms with Crippen LogP contribution in [-0.2, 0) is 6.61 Å². The van der Waals surface area contributed by atoms with Gasteiger partial charge in [-0.1, -0.05) is 42.0 Å². The molecule has 6 heteroatoms. The summed E-state index contributed by atoms with van der Waals surface area (Å²) in [5, 5.41) is 3.86. The van der Waals surface area contributed by atoms with Crippen LogP contribution in [0.3, 0.4) is 0 Å². The van der Waals surface area contributed by atoms with E-state index in [2.05, 4.69) is 11.4 Å². The molecule has 0 atom stereocenters. The number of rotatable bonds is 8. The summed E-state index contributed by atoms with van der Waals surface area (Å²) in [4.78, 5) is 19.0. The summed E-state index contributed by atoms with van der Waals surface area (Å²) in [6, 6.07) is 27.3. The Labute approximate surface area is 234 Å². The second kappa shape index (κ2) is 11.5. The third-order valence-electron chi connectivity index (χ3n) is 6.93. The second-order valence-corrected chi connectivity index (χ2v) is 9.76. The number of anilines is 1. The Morgan fingerprint density at radius 2 is 1.55 bits per heavy atom. The molecule has 1 amide bonds. The maximum absolute atomic E-state index is 13.9. The summed E-state index contributed by atoms with van der Waals surface area (Å²) in [6.07, 6.45) is 0. The van der Waals surface area contributed by atoms with Crippen molar-refractivity contribution in [3.05, 3.63) is 113 Å². The van der Waals surface area contributed by atoms with Crippen LogP contribution in [0, 0.1) is 20.8 Å². The molecule has 0 aliphatic heterocycles. The fourth-order valence-electron chi connectivity index (χ4n) is 4.94. The molecular formula is C34H32N2O4. The highest BCUT2D eigenvalue weighted by Crippen LogP contribution is 2.35. The summed E-state index contributed by atoms with van der Waals surface area (Å²) < 4.78 is 16.8. The third-order valence-corrected chi connectivity index (χ3v) is 6.93. The molecule has 0 aliphatic rings. The lowest BCUT2D eigenvalue weighted by Crippen LogP contribution is -2.16. The first kappa shape index (κ1) is 26.8. The average molecular weight is 533 g/mol. The number of carbonyl (C=O) groups is 1. The number of fused-ring (bicyclic) bond motifs is 1. The Bertz CT molecular complexity index is 1680. The van der Waals surface area contributed by atoms with Crippen molar-refractivity contribution in [2.24, 2.45) is 0 Å². The summed E-state index contributed by atoms with van der Waals surface area (Å²) >= 11 is 0. The molecule has 40 heavy (non-hydrogen) atoms. The first-order chi connectivity index (χ1) is 19.4. The Morgan fingerprint density at radius 3 is 2.25 bits per heavy atom. The van der Waals surface area contributed by atoms with Gasteiger partial charge in [-0.15, -0.1) is 0 Å². The van der Waals surface area contributed by atoms with Crippen LogP contribution in [0.1, 0.15) is 32.6 Å². The largest absolute Gasteiger partial charge is 0.497 e. The van der Waals surface area contributed by atoms with Crippen molar-refractivity contribution in [3.8, 4) is 28.5 Å². The standard InChI is InChI=1S/C34H32N2O4/c1-21-17-22(2)32-28(18-21)31(34(37)35-29-19-27(38-4)15-16-30(29)39-5)23(3)33(36-32)25-11-13-26(14-12-25)40-20-24-9-7-6-8-10-24/h6-19H,20H2,1-5H3,(H,35,37). The minimum Gasteiger partial charge on any atom is -0.497 e. The second-order valence-electron chi connectivity index (χ2n) is 9.76. The highest BCUT2D eigenvalue weighted by Gasteiger charge is 2.22. The van der Waals surface area contributed by atoms with Crippen molar-refractivity contribution >= 4 is 22.5 Å². The molecule has 1 aromatic heterocycles. The van der Waals surface area contributed by atoms with E-state index in [-0.39, 0.29) is 5.91 Å². The van der Waals surface area contributed by atoms with E-state index in [1.54, 1.807) is 32.4 Å². The Morgan fingerprint density at radius 1 is 0.825 bits per heavy atom. The van der Waals surface area contributed by atoms with Gasteiger partial charge in [-0.2, -0.15) is 0 Å². The van der Waals surface area contributed by atoms with Crippen molar-refractivity contribution in [2.75, 3.05) is 19.5 Å². The number of methoxy groups -OCH3 is 2. The zero-order valence-corrected chi connectivity index (χ0v) is 23.4. The number of hydrogen-bond donors (Lipinski definition) is 1. The number of amides is 1. The Balaban J connectivity index is 1.55. The third kappa shape index (κ3) is 5.47. The number of benzene rings is 4. The zero-order valence-electron chi connectivity index (χ0n) is 23.4. The van der Waals surface area contributed by atoms with E-state index in [1.165, 1.54) is 0 Å².